The number of carbonyl (C=O) groups is 1. The van der Waals surface area contributed by atoms with E-state index in [1.54, 1.807) is 0 Å². The van der Waals surface area contributed by atoms with Crippen LogP contribution in [0.3, 0.4) is 0 Å². The molecule has 2 aliphatic heterocycles. The number of nitrogens with one attached hydrogen (secondary N) is 1. The molecule has 2 fully saturated rings. The van der Waals surface area contributed by atoms with Crippen LogP contribution in [-0.4, -0.2) is 61.3 Å². The lowest BCUT2D eigenvalue weighted by atomic mass is 10.0. The first kappa shape index (κ1) is 17.2. The van der Waals surface area contributed by atoms with Crippen molar-refractivity contribution in [3.63, 3.8) is 0 Å². The van der Waals surface area contributed by atoms with Crippen molar-refractivity contribution in [2.24, 2.45) is 0 Å². The van der Waals surface area contributed by atoms with E-state index in [0.29, 0.717) is 6.04 Å². The second-order valence-corrected chi connectivity index (χ2v) is 6.69. The van der Waals surface area contributed by atoms with Crippen LogP contribution in [0, 0.1) is 0 Å². The SMILES string of the molecule is CC[C@@H](NC(=O)N1CCC(N2CCOCC2)CC1)c1ccccc1. The van der Waals surface area contributed by atoms with Crippen LogP contribution in [0.25, 0.3) is 0 Å². The minimum absolute atomic E-state index is 0.0751. The van der Waals surface area contributed by atoms with Crippen LogP contribution in [0.1, 0.15) is 37.8 Å². The van der Waals surface area contributed by atoms with Crippen molar-refractivity contribution in [2.75, 3.05) is 39.4 Å². The molecular weight excluding hydrogens is 302 g/mol. The zero-order valence-corrected chi connectivity index (χ0v) is 14.6. The van der Waals surface area contributed by atoms with Crippen molar-refractivity contribution >= 4 is 6.03 Å². The first-order chi connectivity index (χ1) is 11.8. The lowest BCUT2D eigenvalue weighted by Gasteiger charge is -2.40. The molecule has 2 aliphatic rings. The Kier molecular flexibility index (Phi) is 6.10. The molecule has 24 heavy (non-hydrogen) atoms. The largest absolute Gasteiger partial charge is 0.379 e. The Labute approximate surface area is 145 Å². The highest BCUT2D eigenvalue weighted by Gasteiger charge is 2.28. The lowest BCUT2D eigenvalue weighted by molar-refractivity contribution is 0.00372. The number of rotatable bonds is 4. The molecule has 2 heterocycles. The van der Waals surface area contributed by atoms with Crippen molar-refractivity contribution < 1.29 is 9.53 Å². The van der Waals surface area contributed by atoms with Crippen molar-refractivity contribution in [3.05, 3.63) is 35.9 Å². The van der Waals surface area contributed by atoms with Gasteiger partial charge in [0.1, 0.15) is 0 Å². The number of ether oxygens (including phenoxy) is 1. The highest BCUT2D eigenvalue weighted by molar-refractivity contribution is 5.74. The molecule has 1 aromatic carbocycles. The maximum Gasteiger partial charge on any atom is 0.317 e. The topological polar surface area (TPSA) is 44.8 Å². The summed E-state index contributed by atoms with van der Waals surface area (Å²) in [7, 11) is 0. The van der Waals surface area contributed by atoms with Gasteiger partial charge >= 0.3 is 6.03 Å². The van der Waals surface area contributed by atoms with Gasteiger partial charge in [-0.2, -0.15) is 0 Å². The molecule has 0 aromatic heterocycles. The summed E-state index contributed by atoms with van der Waals surface area (Å²) >= 11 is 0. The second kappa shape index (κ2) is 8.49. The van der Waals surface area contributed by atoms with E-state index in [4.69, 9.17) is 4.74 Å². The normalized spacial score (nSPS) is 21.5. The van der Waals surface area contributed by atoms with E-state index in [1.165, 1.54) is 5.56 Å². The maximum absolute atomic E-state index is 12.6. The van der Waals surface area contributed by atoms with E-state index in [-0.39, 0.29) is 12.1 Å². The van der Waals surface area contributed by atoms with E-state index >= 15 is 0 Å². The fourth-order valence-electron chi connectivity index (χ4n) is 3.72. The standard InChI is InChI=1S/C19H29N3O2/c1-2-18(16-6-4-3-5-7-16)20-19(23)22-10-8-17(9-11-22)21-12-14-24-15-13-21/h3-7,17-18H,2,8-15H2,1H3,(H,20,23)/t18-/m1/s1. The quantitative estimate of drug-likeness (QED) is 0.922. The first-order valence-electron chi connectivity index (χ1n) is 9.20. The molecule has 132 valence electrons. The molecule has 2 saturated heterocycles. The molecule has 2 amide bonds. The summed E-state index contributed by atoms with van der Waals surface area (Å²) in [6.45, 7) is 7.55. The molecule has 0 unspecified atom stereocenters. The van der Waals surface area contributed by atoms with Gasteiger partial charge in [-0.3, -0.25) is 4.90 Å². The van der Waals surface area contributed by atoms with E-state index < -0.39 is 0 Å². The number of nitrogens with zero attached hydrogens (tertiary/aromatic N) is 2. The highest BCUT2D eigenvalue weighted by Crippen LogP contribution is 2.20. The summed E-state index contributed by atoms with van der Waals surface area (Å²) in [6.07, 6.45) is 3.03. The van der Waals surface area contributed by atoms with Gasteiger partial charge < -0.3 is 15.0 Å². The average molecular weight is 331 g/mol. The minimum atomic E-state index is 0.0751. The Morgan fingerprint density at radius 2 is 1.83 bits per heavy atom. The predicted molar refractivity (Wildman–Crippen MR) is 95.0 cm³/mol. The number of benzene rings is 1. The van der Waals surface area contributed by atoms with Crippen molar-refractivity contribution in [3.8, 4) is 0 Å². The molecule has 0 radical (unpaired) electrons. The van der Waals surface area contributed by atoms with Crippen LogP contribution in [-0.2, 0) is 4.74 Å². The van der Waals surface area contributed by atoms with Gasteiger partial charge in [-0.05, 0) is 24.8 Å². The molecule has 0 bridgehead atoms. The van der Waals surface area contributed by atoms with E-state index in [0.717, 1.165) is 58.7 Å². The van der Waals surface area contributed by atoms with Gasteiger partial charge in [0.2, 0.25) is 0 Å². The molecular formula is C19H29N3O2. The van der Waals surface area contributed by atoms with E-state index in [1.807, 2.05) is 23.1 Å². The number of amides is 2. The number of hydrogen-bond donors (Lipinski definition) is 1. The first-order valence-corrected chi connectivity index (χ1v) is 9.20. The Morgan fingerprint density at radius 3 is 2.46 bits per heavy atom. The van der Waals surface area contributed by atoms with Crippen LogP contribution >= 0.6 is 0 Å². The number of piperidine rings is 1. The minimum Gasteiger partial charge on any atom is -0.379 e. The number of morpholine rings is 1. The van der Waals surface area contributed by atoms with Gasteiger partial charge in [-0.25, -0.2) is 4.79 Å². The highest BCUT2D eigenvalue weighted by atomic mass is 16.5. The third-order valence-electron chi connectivity index (χ3n) is 5.22. The van der Waals surface area contributed by atoms with Crippen LogP contribution in [0.15, 0.2) is 30.3 Å². The fourth-order valence-corrected chi connectivity index (χ4v) is 3.72. The summed E-state index contributed by atoms with van der Waals surface area (Å²) in [5.74, 6) is 0. The Morgan fingerprint density at radius 1 is 1.17 bits per heavy atom. The zero-order chi connectivity index (χ0) is 16.8. The number of urea groups is 1. The van der Waals surface area contributed by atoms with E-state index in [2.05, 4.69) is 29.3 Å². The number of likely N-dealkylation sites (tertiary alicyclic amines) is 1. The fraction of sp³-hybridized carbons (Fsp3) is 0.632. The molecule has 1 aromatic rings. The average Bonchev–Trinajstić information content (AvgIpc) is 2.67. The predicted octanol–water partition coefficient (Wildman–Crippen LogP) is 2.64. The number of carbonyl (C=O) groups excluding carboxylic acids is 1. The van der Waals surface area contributed by atoms with E-state index in [9.17, 15) is 4.79 Å². The molecule has 0 aliphatic carbocycles. The van der Waals surface area contributed by atoms with Crippen molar-refractivity contribution in [1.29, 1.82) is 0 Å². The Hall–Kier alpha value is -1.59. The van der Waals surface area contributed by atoms with Gasteiger partial charge in [-0.1, -0.05) is 37.3 Å². The molecule has 3 rings (SSSR count). The molecule has 0 saturated carbocycles. The molecule has 1 atom stereocenters. The molecule has 1 N–H and O–H groups in total. The van der Waals surface area contributed by atoms with Crippen LogP contribution in [0.2, 0.25) is 0 Å². The molecule has 5 nitrogen and oxygen atoms in total. The third-order valence-corrected chi connectivity index (χ3v) is 5.22. The van der Waals surface area contributed by atoms with Crippen LogP contribution < -0.4 is 5.32 Å². The molecule has 5 heteroatoms. The van der Waals surface area contributed by atoms with Gasteiger partial charge in [0.25, 0.3) is 0 Å². The van der Waals surface area contributed by atoms with Crippen LogP contribution in [0.4, 0.5) is 4.79 Å². The monoisotopic (exact) mass is 331 g/mol. The summed E-state index contributed by atoms with van der Waals surface area (Å²) in [5.41, 5.74) is 1.18. The summed E-state index contributed by atoms with van der Waals surface area (Å²) in [5, 5.41) is 3.20. The smallest absolute Gasteiger partial charge is 0.317 e. The summed E-state index contributed by atoms with van der Waals surface area (Å²) in [6, 6.07) is 11.0. The zero-order valence-electron chi connectivity index (χ0n) is 14.6. The van der Waals surface area contributed by atoms with Crippen LogP contribution in [0.5, 0.6) is 0 Å². The van der Waals surface area contributed by atoms with Crippen molar-refractivity contribution in [1.82, 2.24) is 15.1 Å². The van der Waals surface area contributed by atoms with Crippen molar-refractivity contribution in [2.45, 2.75) is 38.3 Å². The second-order valence-electron chi connectivity index (χ2n) is 6.69. The van der Waals surface area contributed by atoms with Gasteiger partial charge in [0.15, 0.2) is 0 Å². The Bertz CT molecular complexity index is 509. The maximum atomic E-state index is 12.6. The lowest BCUT2D eigenvalue weighted by Crippen LogP contribution is -2.52. The number of hydrogen-bond acceptors (Lipinski definition) is 3. The summed E-state index contributed by atoms with van der Waals surface area (Å²) < 4.78 is 5.43. The van der Waals surface area contributed by atoms with Gasteiger partial charge in [-0.15, -0.1) is 0 Å². The van der Waals surface area contributed by atoms with Gasteiger partial charge in [0.05, 0.1) is 19.3 Å². The third kappa shape index (κ3) is 4.28. The Balaban J connectivity index is 1.49. The molecule has 0 spiro atoms. The van der Waals surface area contributed by atoms with Gasteiger partial charge in [0, 0.05) is 32.2 Å². The summed E-state index contributed by atoms with van der Waals surface area (Å²) in [4.78, 5) is 17.1.